The maximum Gasteiger partial charge on any atom is 0.305 e. The third-order valence-corrected chi connectivity index (χ3v) is 4.56. The van der Waals surface area contributed by atoms with Gasteiger partial charge in [0.1, 0.15) is 12.4 Å². The van der Waals surface area contributed by atoms with E-state index in [1.807, 2.05) is 18.2 Å². The second-order valence-corrected chi connectivity index (χ2v) is 7.94. The van der Waals surface area contributed by atoms with Gasteiger partial charge in [-0.2, -0.15) is 0 Å². The highest BCUT2D eigenvalue weighted by molar-refractivity contribution is 6.42. The standard InChI is InChI=1S/C10H12Cl2.C9H10N4O4/c1-10(2,3)7-4-5-8(11)9(12)6-7;10-9-12-11-8(17-9)5-16-7-3-1-6(2-4-7)13(14)15/h4-6H,1-3H3;1-4,8,11H,5H2,(H2,10,12). The number of ether oxygens (including phenoxy) is 2. The van der Waals surface area contributed by atoms with Gasteiger partial charge in [0.15, 0.2) is 0 Å². The number of amidine groups is 1. The Kier molecular flexibility index (Phi) is 7.53. The summed E-state index contributed by atoms with van der Waals surface area (Å²) in [5.74, 6) is 0.506. The van der Waals surface area contributed by atoms with Gasteiger partial charge < -0.3 is 15.2 Å². The molecule has 0 aliphatic carbocycles. The molecule has 3 rings (SSSR count). The summed E-state index contributed by atoms with van der Waals surface area (Å²) >= 11 is 11.7. The number of non-ortho nitro benzene ring substituents is 1. The van der Waals surface area contributed by atoms with Crippen LogP contribution < -0.4 is 15.9 Å². The predicted octanol–water partition coefficient (Wildman–Crippen LogP) is 4.44. The van der Waals surface area contributed by atoms with E-state index in [9.17, 15) is 10.1 Å². The second-order valence-electron chi connectivity index (χ2n) is 7.13. The Morgan fingerprint density at radius 3 is 2.34 bits per heavy atom. The molecule has 8 nitrogen and oxygen atoms in total. The third kappa shape index (κ3) is 6.99. The Labute approximate surface area is 178 Å². The number of nitro benzene ring substituents is 1. The highest BCUT2D eigenvalue weighted by Crippen LogP contribution is 2.29. The topological polar surface area (TPSA) is 112 Å². The van der Waals surface area contributed by atoms with E-state index in [4.69, 9.17) is 38.4 Å². The summed E-state index contributed by atoms with van der Waals surface area (Å²) < 4.78 is 10.4. The number of halogens is 2. The van der Waals surface area contributed by atoms with Gasteiger partial charge in [-0.05, 0) is 35.2 Å². The van der Waals surface area contributed by atoms with Crippen LogP contribution in [0.25, 0.3) is 0 Å². The second kappa shape index (κ2) is 9.67. The number of benzene rings is 2. The molecule has 0 saturated carbocycles. The van der Waals surface area contributed by atoms with Crippen molar-refractivity contribution < 1.29 is 14.4 Å². The fourth-order valence-electron chi connectivity index (χ4n) is 2.20. The number of hydrogen-bond donors (Lipinski definition) is 2. The molecule has 0 spiro atoms. The lowest BCUT2D eigenvalue weighted by atomic mass is 9.87. The Morgan fingerprint density at radius 1 is 1.21 bits per heavy atom. The summed E-state index contributed by atoms with van der Waals surface area (Å²) in [6, 6.07) is 11.6. The van der Waals surface area contributed by atoms with E-state index in [-0.39, 0.29) is 23.7 Å². The quantitative estimate of drug-likeness (QED) is 0.536. The van der Waals surface area contributed by atoms with Crippen LogP contribution in [0.5, 0.6) is 5.75 Å². The number of hydrazone groups is 1. The lowest BCUT2D eigenvalue weighted by Gasteiger charge is -2.19. The summed E-state index contributed by atoms with van der Waals surface area (Å²) in [6.07, 6.45) is -0.440. The van der Waals surface area contributed by atoms with Crippen molar-refractivity contribution in [1.29, 1.82) is 0 Å². The average Bonchev–Trinajstić information content (AvgIpc) is 3.07. The largest absolute Gasteiger partial charge is 0.488 e. The summed E-state index contributed by atoms with van der Waals surface area (Å²) in [5, 5.41) is 15.3. The van der Waals surface area contributed by atoms with Crippen molar-refractivity contribution >= 4 is 34.9 Å². The number of hydrogen-bond acceptors (Lipinski definition) is 7. The van der Waals surface area contributed by atoms with Crippen molar-refractivity contribution in [1.82, 2.24) is 5.43 Å². The van der Waals surface area contributed by atoms with Crippen LogP contribution in [0.3, 0.4) is 0 Å². The van der Waals surface area contributed by atoms with Crippen LogP contribution in [-0.2, 0) is 10.2 Å². The van der Waals surface area contributed by atoms with Gasteiger partial charge >= 0.3 is 6.02 Å². The monoisotopic (exact) mass is 440 g/mol. The Bertz CT molecular complexity index is 883. The van der Waals surface area contributed by atoms with Crippen molar-refractivity contribution in [2.45, 2.75) is 32.4 Å². The van der Waals surface area contributed by atoms with Crippen LogP contribution in [0, 0.1) is 10.1 Å². The van der Waals surface area contributed by atoms with E-state index in [0.717, 1.165) is 0 Å². The van der Waals surface area contributed by atoms with Gasteiger partial charge in [-0.25, -0.2) is 0 Å². The maximum absolute atomic E-state index is 10.4. The normalized spacial score (nSPS) is 15.3. The first-order valence-corrected chi connectivity index (χ1v) is 9.40. The molecule has 29 heavy (non-hydrogen) atoms. The molecule has 3 N–H and O–H groups in total. The first kappa shape index (κ1) is 22.6. The minimum absolute atomic E-state index is 0.0140. The molecule has 1 atom stereocenters. The molecule has 1 aliphatic rings. The number of nitro groups is 1. The summed E-state index contributed by atoms with van der Waals surface area (Å²) in [7, 11) is 0. The van der Waals surface area contributed by atoms with Crippen LogP contribution >= 0.6 is 23.2 Å². The lowest BCUT2D eigenvalue weighted by Crippen LogP contribution is -2.30. The summed E-state index contributed by atoms with van der Waals surface area (Å²) in [6.45, 7) is 6.63. The van der Waals surface area contributed by atoms with Crippen molar-refractivity contribution in [2.24, 2.45) is 10.8 Å². The smallest absolute Gasteiger partial charge is 0.305 e. The Hall–Kier alpha value is -2.71. The summed E-state index contributed by atoms with van der Waals surface area (Å²) in [4.78, 5) is 9.95. The number of nitrogens with two attached hydrogens (primary N) is 1. The fourth-order valence-corrected chi connectivity index (χ4v) is 2.50. The molecule has 0 fully saturated rings. The van der Waals surface area contributed by atoms with E-state index in [1.165, 1.54) is 29.8 Å². The van der Waals surface area contributed by atoms with Gasteiger partial charge in [0.05, 0.1) is 15.0 Å². The minimum Gasteiger partial charge on any atom is -0.488 e. The van der Waals surface area contributed by atoms with Crippen LogP contribution in [0.2, 0.25) is 10.0 Å². The van der Waals surface area contributed by atoms with E-state index < -0.39 is 11.2 Å². The summed E-state index contributed by atoms with van der Waals surface area (Å²) in [5.41, 5.74) is 9.25. The molecule has 156 valence electrons. The molecule has 1 heterocycles. The van der Waals surface area contributed by atoms with Gasteiger partial charge in [0.2, 0.25) is 6.23 Å². The first-order valence-electron chi connectivity index (χ1n) is 8.64. The number of nitrogens with one attached hydrogen (secondary N) is 1. The average molecular weight is 441 g/mol. The molecule has 0 amide bonds. The molecule has 0 radical (unpaired) electrons. The minimum atomic E-state index is -0.472. The molecule has 1 unspecified atom stereocenters. The first-order chi connectivity index (χ1) is 13.6. The molecular weight excluding hydrogens is 419 g/mol. The van der Waals surface area contributed by atoms with Crippen molar-refractivity contribution in [3.05, 3.63) is 68.2 Å². The van der Waals surface area contributed by atoms with Crippen molar-refractivity contribution in [3.8, 4) is 5.75 Å². The molecule has 1 aliphatic heterocycles. The van der Waals surface area contributed by atoms with Crippen LogP contribution in [-0.4, -0.2) is 23.8 Å². The SMILES string of the molecule is CC(C)(C)c1ccc(Cl)c(Cl)c1.NC1=NNC(COc2ccc([N+](=O)[O-])cc2)O1. The molecule has 10 heteroatoms. The molecule has 0 bridgehead atoms. The molecule has 0 aromatic heterocycles. The highest BCUT2D eigenvalue weighted by atomic mass is 35.5. The Morgan fingerprint density at radius 2 is 1.86 bits per heavy atom. The van der Waals surface area contributed by atoms with Gasteiger partial charge in [0.25, 0.3) is 5.69 Å². The van der Waals surface area contributed by atoms with Crippen LogP contribution in [0.15, 0.2) is 47.6 Å². The molecule has 2 aromatic rings. The number of nitrogens with zero attached hydrogens (tertiary/aromatic N) is 2. The number of rotatable bonds is 4. The zero-order valence-corrected chi connectivity index (χ0v) is 17.7. The highest BCUT2D eigenvalue weighted by Gasteiger charge is 2.17. The zero-order chi connectivity index (χ0) is 21.6. The third-order valence-electron chi connectivity index (χ3n) is 3.82. The van der Waals surface area contributed by atoms with Crippen LogP contribution in [0.4, 0.5) is 5.69 Å². The predicted molar refractivity (Wildman–Crippen MR) is 113 cm³/mol. The van der Waals surface area contributed by atoms with E-state index in [2.05, 4.69) is 31.3 Å². The van der Waals surface area contributed by atoms with E-state index in [1.54, 1.807) is 0 Å². The van der Waals surface area contributed by atoms with Gasteiger partial charge in [0, 0.05) is 12.1 Å². The Balaban J connectivity index is 0.000000221. The van der Waals surface area contributed by atoms with Crippen molar-refractivity contribution in [3.63, 3.8) is 0 Å². The van der Waals surface area contributed by atoms with Gasteiger partial charge in [-0.1, -0.05) is 50.0 Å². The van der Waals surface area contributed by atoms with E-state index >= 15 is 0 Å². The zero-order valence-electron chi connectivity index (χ0n) is 16.2. The lowest BCUT2D eigenvalue weighted by molar-refractivity contribution is -0.384. The van der Waals surface area contributed by atoms with Gasteiger partial charge in [-0.15, -0.1) is 5.10 Å². The van der Waals surface area contributed by atoms with E-state index in [0.29, 0.717) is 15.8 Å². The molecular formula is C19H22Cl2N4O4. The maximum atomic E-state index is 10.4. The molecule has 2 aromatic carbocycles. The van der Waals surface area contributed by atoms with Crippen molar-refractivity contribution in [2.75, 3.05) is 6.61 Å². The molecule has 0 saturated heterocycles. The fraction of sp³-hybridized carbons (Fsp3) is 0.316. The van der Waals surface area contributed by atoms with Crippen LogP contribution in [0.1, 0.15) is 26.3 Å². The van der Waals surface area contributed by atoms with Gasteiger partial charge in [-0.3, -0.25) is 15.5 Å².